The molecule has 2 aromatic heterocycles. The summed E-state index contributed by atoms with van der Waals surface area (Å²) in [6, 6.07) is 3.64. The SMILES string of the molecule is CCN(C(=O)CCCCCC(=O)O)c1ccc2nc(S)sc2n1. The maximum absolute atomic E-state index is 12.4. The van der Waals surface area contributed by atoms with E-state index in [4.69, 9.17) is 5.11 Å². The largest absolute Gasteiger partial charge is 0.481 e. The molecule has 23 heavy (non-hydrogen) atoms. The van der Waals surface area contributed by atoms with Gasteiger partial charge in [-0.3, -0.25) is 14.5 Å². The van der Waals surface area contributed by atoms with Gasteiger partial charge in [-0.15, -0.1) is 12.6 Å². The maximum atomic E-state index is 12.4. The minimum Gasteiger partial charge on any atom is -0.481 e. The van der Waals surface area contributed by atoms with Crippen molar-refractivity contribution in [1.82, 2.24) is 9.97 Å². The van der Waals surface area contributed by atoms with Gasteiger partial charge < -0.3 is 5.11 Å². The predicted molar refractivity (Wildman–Crippen MR) is 93.4 cm³/mol. The molecule has 1 amide bonds. The number of pyridine rings is 1. The molecule has 1 N–H and O–H groups in total. The minimum absolute atomic E-state index is 0.00490. The van der Waals surface area contributed by atoms with Crippen molar-refractivity contribution in [2.45, 2.75) is 43.4 Å². The molecule has 2 heterocycles. The Morgan fingerprint density at radius 1 is 1.22 bits per heavy atom. The van der Waals surface area contributed by atoms with Gasteiger partial charge in [0, 0.05) is 19.4 Å². The number of carbonyl (C=O) groups excluding carboxylic acids is 1. The van der Waals surface area contributed by atoms with Crippen LogP contribution in [0.4, 0.5) is 5.82 Å². The minimum atomic E-state index is -0.794. The number of carbonyl (C=O) groups is 2. The molecule has 0 saturated heterocycles. The van der Waals surface area contributed by atoms with Gasteiger partial charge in [0.15, 0.2) is 0 Å². The van der Waals surface area contributed by atoms with Gasteiger partial charge in [-0.2, -0.15) is 0 Å². The van der Waals surface area contributed by atoms with Crippen LogP contribution in [-0.4, -0.2) is 33.5 Å². The van der Waals surface area contributed by atoms with E-state index in [0.717, 1.165) is 16.8 Å². The molecular weight excluding hydrogens is 334 g/mol. The lowest BCUT2D eigenvalue weighted by molar-refractivity contribution is -0.137. The summed E-state index contributed by atoms with van der Waals surface area (Å²) < 4.78 is 0.650. The highest BCUT2D eigenvalue weighted by Gasteiger charge is 2.16. The Labute approximate surface area is 144 Å². The van der Waals surface area contributed by atoms with Crippen LogP contribution in [0.15, 0.2) is 16.5 Å². The molecular formula is C15H19N3O3S2. The molecule has 0 bridgehead atoms. The number of aromatic nitrogens is 2. The van der Waals surface area contributed by atoms with E-state index in [1.165, 1.54) is 11.3 Å². The van der Waals surface area contributed by atoms with Crippen molar-refractivity contribution in [1.29, 1.82) is 0 Å². The first-order valence-electron chi connectivity index (χ1n) is 7.50. The Morgan fingerprint density at radius 3 is 2.65 bits per heavy atom. The van der Waals surface area contributed by atoms with E-state index in [9.17, 15) is 9.59 Å². The zero-order valence-corrected chi connectivity index (χ0v) is 14.6. The van der Waals surface area contributed by atoms with E-state index in [2.05, 4.69) is 22.6 Å². The molecule has 124 valence electrons. The highest BCUT2D eigenvalue weighted by molar-refractivity contribution is 7.82. The van der Waals surface area contributed by atoms with E-state index in [0.29, 0.717) is 36.0 Å². The Morgan fingerprint density at radius 2 is 1.96 bits per heavy atom. The second-order valence-electron chi connectivity index (χ2n) is 5.08. The summed E-state index contributed by atoms with van der Waals surface area (Å²) in [5, 5.41) is 8.59. The second kappa shape index (κ2) is 8.26. The number of nitrogens with zero attached hydrogens (tertiary/aromatic N) is 3. The Kier molecular flexibility index (Phi) is 6.35. The lowest BCUT2D eigenvalue weighted by atomic mass is 10.1. The third-order valence-electron chi connectivity index (χ3n) is 3.40. The molecule has 0 aliphatic heterocycles. The van der Waals surface area contributed by atoms with Crippen molar-refractivity contribution < 1.29 is 14.7 Å². The molecule has 0 saturated carbocycles. The summed E-state index contributed by atoms with van der Waals surface area (Å²) in [6.07, 6.45) is 2.58. The summed E-state index contributed by atoms with van der Waals surface area (Å²) in [7, 11) is 0. The van der Waals surface area contributed by atoms with Crippen LogP contribution in [0, 0.1) is 0 Å². The van der Waals surface area contributed by atoms with E-state index in [-0.39, 0.29) is 12.3 Å². The van der Waals surface area contributed by atoms with Crippen molar-refractivity contribution in [2.75, 3.05) is 11.4 Å². The summed E-state index contributed by atoms with van der Waals surface area (Å²) in [4.78, 5) is 33.9. The molecule has 0 fully saturated rings. The predicted octanol–water partition coefficient (Wildman–Crippen LogP) is 3.37. The topological polar surface area (TPSA) is 83.4 Å². The first-order valence-corrected chi connectivity index (χ1v) is 8.76. The van der Waals surface area contributed by atoms with Crippen molar-refractivity contribution in [2.24, 2.45) is 0 Å². The Bertz CT molecular complexity index is 702. The number of thiazole rings is 1. The maximum Gasteiger partial charge on any atom is 0.303 e. The molecule has 0 aliphatic rings. The van der Waals surface area contributed by atoms with Gasteiger partial charge in [-0.25, -0.2) is 9.97 Å². The van der Waals surface area contributed by atoms with Gasteiger partial charge in [0.25, 0.3) is 0 Å². The van der Waals surface area contributed by atoms with Crippen molar-refractivity contribution in [3.05, 3.63) is 12.1 Å². The number of hydrogen-bond donors (Lipinski definition) is 2. The second-order valence-corrected chi connectivity index (χ2v) is 6.79. The van der Waals surface area contributed by atoms with E-state index in [1.54, 1.807) is 11.0 Å². The van der Waals surface area contributed by atoms with Crippen LogP contribution in [0.1, 0.15) is 39.0 Å². The Hall–Kier alpha value is -1.67. The summed E-state index contributed by atoms with van der Waals surface area (Å²) in [6.45, 7) is 2.45. The molecule has 0 spiro atoms. The average Bonchev–Trinajstić information content (AvgIpc) is 2.86. The van der Waals surface area contributed by atoms with Gasteiger partial charge in [-0.1, -0.05) is 17.8 Å². The number of amides is 1. The van der Waals surface area contributed by atoms with Crippen LogP contribution in [-0.2, 0) is 9.59 Å². The number of carboxylic acid groups (broad SMARTS) is 1. The molecule has 2 rings (SSSR count). The quantitative estimate of drug-likeness (QED) is 0.561. The summed E-state index contributed by atoms with van der Waals surface area (Å²) >= 11 is 5.60. The molecule has 0 unspecified atom stereocenters. The van der Waals surface area contributed by atoms with Gasteiger partial charge in [-0.05, 0) is 31.9 Å². The molecule has 0 aromatic carbocycles. The highest BCUT2D eigenvalue weighted by Crippen LogP contribution is 2.25. The zero-order valence-electron chi connectivity index (χ0n) is 12.9. The number of anilines is 1. The van der Waals surface area contributed by atoms with Crippen LogP contribution in [0.2, 0.25) is 0 Å². The number of hydrogen-bond acceptors (Lipinski definition) is 6. The number of fused-ring (bicyclic) bond motifs is 1. The highest BCUT2D eigenvalue weighted by atomic mass is 32.2. The van der Waals surface area contributed by atoms with Crippen molar-refractivity contribution >= 4 is 52.0 Å². The summed E-state index contributed by atoms with van der Waals surface area (Å²) in [5.74, 6) is -0.171. The van der Waals surface area contributed by atoms with Crippen LogP contribution < -0.4 is 4.90 Å². The van der Waals surface area contributed by atoms with Gasteiger partial charge in [0.2, 0.25) is 5.91 Å². The van der Waals surface area contributed by atoms with Crippen molar-refractivity contribution in [3.8, 4) is 0 Å². The number of carboxylic acids is 1. The third kappa shape index (κ3) is 4.90. The number of rotatable bonds is 8. The van der Waals surface area contributed by atoms with E-state index >= 15 is 0 Å². The van der Waals surface area contributed by atoms with Gasteiger partial charge in [0.05, 0.1) is 0 Å². The standard InChI is InChI=1S/C15H19N3O3S2/c1-2-18(12(19)6-4-3-5-7-13(20)21)11-9-8-10-14(17-11)23-15(22)16-10/h8-9H,2-7H2,1H3,(H,16,22)(H,20,21). The van der Waals surface area contributed by atoms with Crippen molar-refractivity contribution in [3.63, 3.8) is 0 Å². The van der Waals surface area contributed by atoms with Crippen LogP contribution >= 0.6 is 24.0 Å². The third-order valence-corrected chi connectivity index (χ3v) is 4.55. The van der Waals surface area contributed by atoms with E-state index in [1.807, 2.05) is 13.0 Å². The fraction of sp³-hybridized carbons (Fsp3) is 0.467. The lowest BCUT2D eigenvalue weighted by Crippen LogP contribution is -2.31. The smallest absolute Gasteiger partial charge is 0.303 e. The number of thiol groups is 1. The summed E-state index contributed by atoms with van der Waals surface area (Å²) in [5.41, 5.74) is 0.779. The fourth-order valence-electron chi connectivity index (χ4n) is 2.28. The first-order chi connectivity index (χ1) is 11.0. The molecule has 0 atom stereocenters. The molecule has 2 aromatic rings. The fourth-order valence-corrected chi connectivity index (χ4v) is 3.32. The van der Waals surface area contributed by atoms with Crippen LogP contribution in [0.5, 0.6) is 0 Å². The zero-order chi connectivity index (χ0) is 16.8. The normalized spacial score (nSPS) is 10.9. The van der Waals surface area contributed by atoms with Gasteiger partial charge >= 0.3 is 5.97 Å². The average molecular weight is 353 g/mol. The molecule has 8 heteroatoms. The van der Waals surface area contributed by atoms with Gasteiger partial charge in [0.1, 0.15) is 20.5 Å². The molecule has 6 nitrogen and oxygen atoms in total. The molecule has 0 aliphatic carbocycles. The monoisotopic (exact) mass is 353 g/mol. The van der Waals surface area contributed by atoms with Crippen LogP contribution in [0.25, 0.3) is 10.3 Å². The van der Waals surface area contributed by atoms with E-state index < -0.39 is 5.97 Å². The molecule has 0 radical (unpaired) electrons. The van der Waals surface area contributed by atoms with Crippen LogP contribution in [0.3, 0.4) is 0 Å². The lowest BCUT2D eigenvalue weighted by Gasteiger charge is -2.19. The number of unbranched alkanes of at least 4 members (excludes halogenated alkanes) is 2. The first kappa shape index (κ1) is 17.7. The number of aliphatic carboxylic acids is 1. The Balaban J connectivity index is 1.96.